The van der Waals surface area contributed by atoms with Gasteiger partial charge >= 0.3 is 0 Å². The minimum atomic E-state index is -1.11. The van der Waals surface area contributed by atoms with Crippen LogP contribution in [0.1, 0.15) is 155 Å². The topological polar surface area (TPSA) is 89.8 Å². The van der Waals surface area contributed by atoms with Gasteiger partial charge in [-0.2, -0.15) is 0 Å². The Bertz CT molecular complexity index is 700. The maximum absolute atomic E-state index is 12.3. The van der Waals surface area contributed by atoms with E-state index < -0.39 is 24.2 Å². The Kier molecular flexibility index (Phi) is 30.9. The highest BCUT2D eigenvalue weighted by atomic mass is 16.3. The molecule has 3 unspecified atom stereocenters. The molecule has 0 saturated heterocycles. The van der Waals surface area contributed by atoms with E-state index in [9.17, 15) is 20.1 Å². The Morgan fingerprint density at radius 2 is 1.07 bits per heavy atom. The van der Waals surface area contributed by atoms with Gasteiger partial charge in [-0.15, -0.1) is 0 Å². The summed E-state index contributed by atoms with van der Waals surface area (Å²) < 4.78 is 0. The molecule has 42 heavy (non-hydrogen) atoms. The summed E-state index contributed by atoms with van der Waals surface area (Å²) in [4.78, 5) is 12.3. The Morgan fingerprint density at radius 3 is 1.60 bits per heavy atom. The van der Waals surface area contributed by atoms with Crippen LogP contribution in [0.25, 0.3) is 0 Å². The Balaban J connectivity index is 3.75. The molecule has 244 valence electrons. The number of carbonyl (C=O) groups excluding carboxylic acids is 1. The number of unbranched alkanes of at least 4 members (excludes halogenated alkanes) is 17. The van der Waals surface area contributed by atoms with Crippen LogP contribution in [-0.4, -0.2) is 46.1 Å². The largest absolute Gasteiger partial charge is 0.394 e. The normalized spacial score (nSPS) is 14.5. The predicted octanol–water partition coefficient (Wildman–Crippen LogP) is 9.03. The van der Waals surface area contributed by atoms with Gasteiger partial charge in [0.15, 0.2) is 0 Å². The van der Waals surface area contributed by atoms with Crippen molar-refractivity contribution in [3.05, 3.63) is 48.6 Å². The molecule has 0 radical (unpaired) electrons. The van der Waals surface area contributed by atoms with E-state index in [4.69, 9.17) is 0 Å². The first-order valence-corrected chi connectivity index (χ1v) is 17.4. The van der Waals surface area contributed by atoms with Crippen LogP contribution in [0, 0.1) is 0 Å². The van der Waals surface area contributed by atoms with Gasteiger partial charge in [0.25, 0.3) is 0 Å². The SMILES string of the molecule is C/C=C/CC/C=C/CC/C=C/C(O)C(CO)NC(=O)C(O)CCCCCCCC/C=C\CCCCCCCCCCC. The summed E-state index contributed by atoms with van der Waals surface area (Å²) in [5, 5.41) is 32.7. The zero-order valence-corrected chi connectivity index (χ0v) is 27.4. The number of aliphatic hydroxyl groups excluding tert-OH is 3. The van der Waals surface area contributed by atoms with Crippen molar-refractivity contribution in [2.45, 2.75) is 173 Å². The number of rotatable bonds is 30. The average molecular weight is 590 g/mol. The van der Waals surface area contributed by atoms with Crippen molar-refractivity contribution in [2.24, 2.45) is 0 Å². The smallest absolute Gasteiger partial charge is 0.249 e. The van der Waals surface area contributed by atoms with Crippen LogP contribution < -0.4 is 5.32 Å². The van der Waals surface area contributed by atoms with Crippen LogP contribution in [0.2, 0.25) is 0 Å². The third-order valence-electron chi connectivity index (χ3n) is 7.71. The van der Waals surface area contributed by atoms with Crippen molar-refractivity contribution in [3.8, 4) is 0 Å². The molecule has 0 saturated carbocycles. The van der Waals surface area contributed by atoms with E-state index in [1.807, 2.05) is 13.0 Å². The fraction of sp³-hybridized carbons (Fsp3) is 0.757. The lowest BCUT2D eigenvalue weighted by Gasteiger charge is -2.21. The first-order valence-electron chi connectivity index (χ1n) is 17.4. The summed E-state index contributed by atoms with van der Waals surface area (Å²) in [5.74, 6) is -0.528. The van der Waals surface area contributed by atoms with Crippen molar-refractivity contribution < 1.29 is 20.1 Å². The second-order valence-electron chi connectivity index (χ2n) is 11.7. The number of nitrogens with one attached hydrogen (secondary N) is 1. The second kappa shape index (κ2) is 32.2. The minimum Gasteiger partial charge on any atom is -0.394 e. The van der Waals surface area contributed by atoms with Crippen molar-refractivity contribution in [3.63, 3.8) is 0 Å². The lowest BCUT2D eigenvalue weighted by atomic mass is 10.0. The maximum Gasteiger partial charge on any atom is 0.249 e. The Labute approximate surface area is 259 Å². The van der Waals surface area contributed by atoms with Gasteiger partial charge in [-0.05, 0) is 64.7 Å². The predicted molar refractivity (Wildman–Crippen MR) is 181 cm³/mol. The van der Waals surface area contributed by atoms with Crippen LogP contribution in [0.4, 0.5) is 0 Å². The Hall–Kier alpha value is -1.69. The van der Waals surface area contributed by atoms with Gasteiger partial charge in [0.2, 0.25) is 5.91 Å². The van der Waals surface area contributed by atoms with Gasteiger partial charge in [0.1, 0.15) is 6.10 Å². The number of amides is 1. The van der Waals surface area contributed by atoms with E-state index in [1.165, 1.54) is 83.5 Å². The molecule has 4 N–H and O–H groups in total. The summed E-state index contributed by atoms with van der Waals surface area (Å²) in [6, 6.07) is -0.820. The zero-order chi connectivity index (χ0) is 30.9. The zero-order valence-electron chi connectivity index (χ0n) is 27.4. The van der Waals surface area contributed by atoms with E-state index in [2.05, 4.69) is 48.7 Å². The molecule has 0 rings (SSSR count). The lowest BCUT2D eigenvalue weighted by molar-refractivity contribution is -0.131. The summed E-state index contributed by atoms with van der Waals surface area (Å²) in [6.45, 7) is 3.90. The molecule has 0 heterocycles. The Morgan fingerprint density at radius 1 is 0.619 bits per heavy atom. The first kappa shape index (κ1) is 40.3. The van der Waals surface area contributed by atoms with Crippen LogP contribution >= 0.6 is 0 Å². The minimum absolute atomic E-state index is 0.386. The second-order valence-corrected chi connectivity index (χ2v) is 11.7. The number of allylic oxidation sites excluding steroid dienone is 7. The third-order valence-corrected chi connectivity index (χ3v) is 7.71. The van der Waals surface area contributed by atoms with Crippen molar-refractivity contribution in [1.82, 2.24) is 5.32 Å². The number of hydrogen-bond donors (Lipinski definition) is 4. The molecule has 0 bridgehead atoms. The summed E-state index contributed by atoms with van der Waals surface area (Å²) in [6.07, 6.45) is 40.0. The average Bonchev–Trinajstić information content (AvgIpc) is 2.99. The fourth-order valence-electron chi connectivity index (χ4n) is 4.92. The van der Waals surface area contributed by atoms with E-state index in [1.54, 1.807) is 6.08 Å². The molecular formula is C37H67NO4. The molecule has 0 aromatic heterocycles. The number of hydrogen-bond acceptors (Lipinski definition) is 4. The van der Waals surface area contributed by atoms with Gasteiger partial charge in [-0.1, -0.05) is 139 Å². The van der Waals surface area contributed by atoms with Gasteiger partial charge in [0.05, 0.1) is 18.8 Å². The van der Waals surface area contributed by atoms with E-state index in [0.717, 1.165) is 51.4 Å². The first-order chi connectivity index (χ1) is 20.6. The highest BCUT2D eigenvalue weighted by molar-refractivity contribution is 5.80. The highest BCUT2D eigenvalue weighted by Gasteiger charge is 2.22. The quantitative estimate of drug-likeness (QED) is 0.0497. The molecule has 0 fully saturated rings. The monoisotopic (exact) mass is 590 g/mol. The molecule has 5 heteroatoms. The molecule has 0 aromatic carbocycles. The van der Waals surface area contributed by atoms with Crippen LogP contribution in [0.3, 0.4) is 0 Å². The van der Waals surface area contributed by atoms with Gasteiger partial charge in [-0.25, -0.2) is 0 Å². The highest BCUT2D eigenvalue weighted by Crippen LogP contribution is 2.13. The van der Waals surface area contributed by atoms with Crippen LogP contribution in [0.15, 0.2) is 48.6 Å². The molecule has 0 aliphatic rings. The fourth-order valence-corrected chi connectivity index (χ4v) is 4.92. The van der Waals surface area contributed by atoms with Crippen LogP contribution in [0.5, 0.6) is 0 Å². The molecule has 0 aromatic rings. The van der Waals surface area contributed by atoms with Gasteiger partial charge in [0, 0.05) is 0 Å². The third kappa shape index (κ3) is 27.2. The van der Waals surface area contributed by atoms with E-state index in [0.29, 0.717) is 6.42 Å². The summed E-state index contributed by atoms with van der Waals surface area (Å²) in [7, 11) is 0. The molecular weight excluding hydrogens is 522 g/mol. The van der Waals surface area contributed by atoms with E-state index >= 15 is 0 Å². The van der Waals surface area contributed by atoms with Crippen molar-refractivity contribution in [2.75, 3.05) is 6.61 Å². The van der Waals surface area contributed by atoms with Crippen molar-refractivity contribution >= 4 is 5.91 Å². The lowest BCUT2D eigenvalue weighted by Crippen LogP contribution is -2.48. The molecule has 0 aliphatic heterocycles. The molecule has 0 aliphatic carbocycles. The summed E-state index contributed by atoms with van der Waals surface area (Å²) in [5.41, 5.74) is 0. The standard InChI is InChI=1S/C37H67NO4/c1-3-5-7-9-11-13-14-15-16-17-18-19-20-21-22-24-26-28-30-32-36(41)37(42)38-34(33-39)35(40)31-29-27-25-23-12-10-8-6-4-2/h4,6,12,18-19,23,29,31,34-36,39-41H,3,5,7-11,13-17,20-22,24-28,30,32-33H2,1-2H3,(H,38,42)/b6-4+,19-18-,23-12+,31-29+. The molecule has 3 atom stereocenters. The van der Waals surface area contributed by atoms with Gasteiger partial charge in [-0.3, -0.25) is 4.79 Å². The molecule has 5 nitrogen and oxygen atoms in total. The van der Waals surface area contributed by atoms with Gasteiger partial charge < -0.3 is 20.6 Å². The number of aliphatic hydroxyl groups is 3. The van der Waals surface area contributed by atoms with Crippen molar-refractivity contribution in [1.29, 1.82) is 0 Å². The molecule has 0 spiro atoms. The number of carbonyl (C=O) groups is 1. The van der Waals surface area contributed by atoms with E-state index in [-0.39, 0.29) is 6.61 Å². The molecule has 1 amide bonds. The summed E-state index contributed by atoms with van der Waals surface area (Å²) >= 11 is 0. The maximum atomic E-state index is 12.3. The van der Waals surface area contributed by atoms with Crippen LogP contribution in [-0.2, 0) is 4.79 Å².